The molecule has 0 saturated heterocycles. The number of alkyl halides is 2. The van der Waals surface area contributed by atoms with E-state index in [2.05, 4.69) is 0 Å². The molecule has 0 spiro atoms. The van der Waals surface area contributed by atoms with E-state index in [9.17, 15) is 8.78 Å². The molecule has 0 heterocycles. The standard InChI is InChI=1S/C16H13Cl3F2/c17-9-16(10-18,11-4-6-12(19)7-5-11)8-13-14(20)2-1-3-15(13)21/h1-7H,8-10H2. The molecule has 0 aliphatic heterocycles. The minimum absolute atomic E-state index is 0.00579. The maximum absolute atomic E-state index is 13.9. The van der Waals surface area contributed by atoms with Gasteiger partial charge in [0.2, 0.25) is 0 Å². The van der Waals surface area contributed by atoms with Gasteiger partial charge < -0.3 is 0 Å². The zero-order valence-corrected chi connectivity index (χ0v) is 13.3. The van der Waals surface area contributed by atoms with Crippen molar-refractivity contribution in [3.05, 3.63) is 70.2 Å². The molecule has 0 radical (unpaired) electrons. The highest BCUT2D eigenvalue weighted by Crippen LogP contribution is 2.34. The molecule has 0 bridgehead atoms. The Morgan fingerprint density at radius 1 is 0.857 bits per heavy atom. The Morgan fingerprint density at radius 2 is 1.38 bits per heavy atom. The summed E-state index contributed by atoms with van der Waals surface area (Å²) >= 11 is 18.1. The maximum atomic E-state index is 13.9. The van der Waals surface area contributed by atoms with E-state index in [1.807, 2.05) is 0 Å². The molecule has 0 saturated carbocycles. The van der Waals surface area contributed by atoms with E-state index in [1.165, 1.54) is 18.2 Å². The predicted octanol–water partition coefficient (Wildman–Crippen LogP) is 5.58. The Hall–Kier alpha value is -0.830. The minimum atomic E-state index is -0.753. The monoisotopic (exact) mass is 348 g/mol. The first-order valence-electron chi connectivity index (χ1n) is 6.33. The van der Waals surface area contributed by atoms with Crippen LogP contribution < -0.4 is 0 Å². The van der Waals surface area contributed by atoms with Crippen LogP contribution in [0.25, 0.3) is 0 Å². The van der Waals surface area contributed by atoms with Crippen molar-refractivity contribution >= 4 is 34.8 Å². The van der Waals surface area contributed by atoms with Gasteiger partial charge in [-0.2, -0.15) is 0 Å². The van der Waals surface area contributed by atoms with Crippen LogP contribution in [0.2, 0.25) is 5.02 Å². The van der Waals surface area contributed by atoms with Crippen LogP contribution >= 0.6 is 34.8 Å². The Balaban J connectivity index is 2.45. The summed E-state index contributed by atoms with van der Waals surface area (Å²) in [6.07, 6.45) is 0.0835. The maximum Gasteiger partial charge on any atom is 0.129 e. The predicted molar refractivity (Wildman–Crippen MR) is 84.6 cm³/mol. The summed E-state index contributed by atoms with van der Waals surface area (Å²) in [6, 6.07) is 10.8. The fraction of sp³-hybridized carbons (Fsp3) is 0.250. The van der Waals surface area contributed by atoms with Crippen LogP contribution in [0.3, 0.4) is 0 Å². The van der Waals surface area contributed by atoms with Crippen molar-refractivity contribution < 1.29 is 8.78 Å². The number of benzene rings is 2. The van der Waals surface area contributed by atoms with Crippen LogP contribution in [0.5, 0.6) is 0 Å². The van der Waals surface area contributed by atoms with Crippen molar-refractivity contribution in [2.75, 3.05) is 11.8 Å². The number of halogens is 5. The molecule has 0 atom stereocenters. The summed E-state index contributed by atoms with van der Waals surface area (Å²) in [5.74, 6) is -0.898. The lowest BCUT2D eigenvalue weighted by atomic mass is 9.78. The highest BCUT2D eigenvalue weighted by Gasteiger charge is 2.33. The topological polar surface area (TPSA) is 0 Å². The molecule has 0 aliphatic rings. The van der Waals surface area contributed by atoms with Crippen molar-refractivity contribution in [1.29, 1.82) is 0 Å². The van der Waals surface area contributed by atoms with Gasteiger partial charge in [0, 0.05) is 27.8 Å². The average molecular weight is 350 g/mol. The largest absolute Gasteiger partial charge is 0.207 e. The van der Waals surface area contributed by atoms with E-state index in [4.69, 9.17) is 34.8 Å². The molecule has 2 aromatic carbocycles. The first-order chi connectivity index (χ1) is 10.0. The molecular formula is C16H13Cl3F2. The Bertz CT molecular complexity index is 587. The lowest BCUT2D eigenvalue weighted by molar-refractivity contribution is 0.483. The van der Waals surface area contributed by atoms with Crippen LogP contribution in [-0.4, -0.2) is 11.8 Å². The SMILES string of the molecule is Fc1cccc(F)c1CC(CCl)(CCl)c1ccc(Cl)cc1. The van der Waals surface area contributed by atoms with Crippen molar-refractivity contribution in [2.24, 2.45) is 0 Å². The lowest BCUT2D eigenvalue weighted by Gasteiger charge is -2.30. The zero-order valence-electron chi connectivity index (χ0n) is 11.1. The molecule has 0 nitrogen and oxygen atoms in total. The minimum Gasteiger partial charge on any atom is -0.207 e. The highest BCUT2D eigenvalue weighted by molar-refractivity contribution is 6.30. The van der Waals surface area contributed by atoms with Crippen molar-refractivity contribution in [1.82, 2.24) is 0 Å². The van der Waals surface area contributed by atoms with E-state index in [0.29, 0.717) is 5.02 Å². The second-order valence-corrected chi connectivity index (χ2v) is 5.90. The Kier molecular flexibility index (Phi) is 5.48. The molecule has 2 aromatic rings. The summed E-state index contributed by atoms with van der Waals surface area (Å²) in [6.45, 7) is 0. The van der Waals surface area contributed by atoms with E-state index in [-0.39, 0.29) is 23.7 Å². The molecule has 0 aliphatic carbocycles. The van der Waals surface area contributed by atoms with Crippen molar-refractivity contribution in [3.63, 3.8) is 0 Å². The second kappa shape index (κ2) is 6.95. The van der Waals surface area contributed by atoms with Crippen molar-refractivity contribution in [3.8, 4) is 0 Å². The molecule has 2 rings (SSSR count). The van der Waals surface area contributed by atoms with Gasteiger partial charge in [0.1, 0.15) is 11.6 Å². The van der Waals surface area contributed by atoms with E-state index in [1.54, 1.807) is 24.3 Å². The molecule has 0 unspecified atom stereocenters. The van der Waals surface area contributed by atoms with Crippen molar-refractivity contribution in [2.45, 2.75) is 11.8 Å². The summed E-state index contributed by atoms with van der Waals surface area (Å²) in [4.78, 5) is 0. The van der Waals surface area contributed by atoms with E-state index < -0.39 is 17.0 Å². The zero-order chi connectivity index (χ0) is 15.5. The van der Waals surface area contributed by atoms with Crippen LogP contribution in [0.4, 0.5) is 8.78 Å². The molecule has 0 aromatic heterocycles. The lowest BCUT2D eigenvalue weighted by Crippen LogP contribution is -2.34. The van der Waals surface area contributed by atoms with E-state index >= 15 is 0 Å². The first kappa shape index (κ1) is 16.5. The van der Waals surface area contributed by atoms with Gasteiger partial charge in [-0.1, -0.05) is 29.8 Å². The van der Waals surface area contributed by atoms with Gasteiger partial charge >= 0.3 is 0 Å². The van der Waals surface area contributed by atoms with Gasteiger partial charge in [-0.15, -0.1) is 23.2 Å². The highest BCUT2D eigenvalue weighted by atomic mass is 35.5. The summed E-state index contributed by atoms with van der Waals surface area (Å²) in [7, 11) is 0. The third-order valence-electron chi connectivity index (χ3n) is 3.55. The van der Waals surface area contributed by atoms with E-state index in [0.717, 1.165) is 5.56 Å². The summed E-state index contributed by atoms with van der Waals surface area (Å²) in [5, 5.41) is 0.578. The molecule has 21 heavy (non-hydrogen) atoms. The van der Waals surface area contributed by atoms with Crippen LogP contribution in [0, 0.1) is 11.6 Å². The van der Waals surface area contributed by atoms with Gasteiger partial charge in [-0.25, -0.2) is 8.78 Å². The molecule has 112 valence electrons. The van der Waals surface area contributed by atoms with Gasteiger partial charge in [-0.05, 0) is 36.2 Å². The fourth-order valence-electron chi connectivity index (χ4n) is 2.23. The molecular weight excluding hydrogens is 337 g/mol. The van der Waals surface area contributed by atoms with Gasteiger partial charge in [0.05, 0.1) is 0 Å². The normalized spacial score (nSPS) is 11.7. The number of hydrogen-bond acceptors (Lipinski definition) is 0. The van der Waals surface area contributed by atoms with Crippen LogP contribution in [0.1, 0.15) is 11.1 Å². The molecule has 0 N–H and O–H groups in total. The molecule has 0 amide bonds. The third kappa shape index (κ3) is 3.50. The van der Waals surface area contributed by atoms with Gasteiger partial charge in [0.15, 0.2) is 0 Å². The molecule has 5 heteroatoms. The first-order valence-corrected chi connectivity index (χ1v) is 7.78. The van der Waals surface area contributed by atoms with Crippen LogP contribution in [0.15, 0.2) is 42.5 Å². The third-order valence-corrected chi connectivity index (χ3v) is 4.82. The summed E-state index contributed by atoms with van der Waals surface area (Å²) in [5.41, 5.74) is 0.0461. The Labute approximate surface area is 137 Å². The number of hydrogen-bond donors (Lipinski definition) is 0. The average Bonchev–Trinajstić information content (AvgIpc) is 2.49. The van der Waals surface area contributed by atoms with Crippen LogP contribution in [-0.2, 0) is 11.8 Å². The fourth-order valence-corrected chi connectivity index (χ4v) is 3.14. The second-order valence-electron chi connectivity index (χ2n) is 4.93. The van der Waals surface area contributed by atoms with Gasteiger partial charge in [-0.3, -0.25) is 0 Å². The smallest absolute Gasteiger partial charge is 0.129 e. The Morgan fingerprint density at radius 3 is 1.86 bits per heavy atom. The summed E-state index contributed by atoms with van der Waals surface area (Å²) < 4.78 is 27.8. The molecule has 0 fully saturated rings. The quantitative estimate of drug-likeness (QED) is 0.618. The number of rotatable bonds is 5. The van der Waals surface area contributed by atoms with Gasteiger partial charge in [0.25, 0.3) is 0 Å².